The number of benzene rings is 3. The Morgan fingerprint density at radius 1 is 0.846 bits per heavy atom. The second kappa shape index (κ2) is 6.76. The third-order valence-corrected chi connectivity index (χ3v) is 4.28. The van der Waals surface area contributed by atoms with Crippen LogP contribution in [0, 0.1) is 0 Å². The molecule has 0 aliphatic heterocycles. The van der Waals surface area contributed by atoms with Crippen molar-refractivity contribution in [3.05, 3.63) is 84.9 Å². The summed E-state index contributed by atoms with van der Waals surface area (Å²) in [6, 6.07) is 27.0. The molecule has 4 heteroatoms. The average molecular weight is 342 g/mol. The lowest BCUT2D eigenvalue weighted by molar-refractivity contribution is 0.415. The molecule has 4 rings (SSSR count). The van der Waals surface area contributed by atoms with E-state index in [4.69, 9.17) is 9.84 Å². The van der Waals surface area contributed by atoms with Gasteiger partial charge < -0.3 is 9.84 Å². The van der Waals surface area contributed by atoms with Crippen molar-refractivity contribution in [1.29, 1.82) is 0 Å². The Balaban J connectivity index is 1.89. The Morgan fingerprint density at radius 2 is 1.54 bits per heavy atom. The highest BCUT2D eigenvalue weighted by Crippen LogP contribution is 2.33. The first-order chi connectivity index (χ1) is 12.8. The number of ether oxygens (including phenoxy) is 1. The maximum absolute atomic E-state index is 10.2. The molecule has 0 bridgehead atoms. The number of aromatic nitrogens is 2. The molecule has 4 nitrogen and oxygen atoms in total. The monoisotopic (exact) mass is 342 g/mol. The Hall–Kier alpha value is -3.53. The van der Waals surface area contributed by atoms with E-state index in [1.54, 1.807) is 19.2 Å². The van der Waals surface area contributed by atoms with Crippen LogP contribution in [0.25, 0.3) is 28.2 Å². The van der Waals surface area contributed by atoms with Crippen LogP contribution in [0.3, 0.4) is 0 Å². The quantitative estimate of drug-likeness (QED) is 0.572. The molecule has 0 radical (unpaired) electrons. The first-order valence-electron chi connectivity index (χ1n) is 8.34. The number of para-hydroxylation sites is 2. The van der Waals surface area contributed by atoms with Crippen molar-refractivity contribution in [3.63, 3.8) is 0 Å². The van der Waals surface area contributed by atoms with Gasteiger partial charge in [-0.3, -0.25) is 0 Å². The van der Waals surface area contributed by atoms with Crippen molar-refractivity contribution < 1.29 is 9.84 Å². The van der Waals surface area contributed by atoms with Crippen LogP contribution in [-0.2, 0) is 0 Å². The molecule has 0 spiro atoms. The third kappa shape index (κ3) is 2.93. The molecule has 1 heterocycles. The number of hydrogen-bond donors (Lipinski definition) is 1. The van der Waals surface area contributed by atoms with Gasteiger partial charge >= 0.3 is 0 Å². The molecule has 0 atom stereocenters. The molecule has 0 fully saturated rings. The standard InChI is InChI=1S/C22H18N2O2/c1-26-18-13-11-16(12-14-18)21-15-20(19-9-5-6-10-22(19)25)23-24(21)17-7-3-2-4-8-17/h2-15,25H,1H3. The molecule has 1 aromatic heterocycles. The van der Waals surface area contributed by atoms with E-state index in [1.165, 1.54) is 0 Å². The Bertz CT molecular complexity index is 1020. The topological polar surface area (TPSA) is 47.3 Å². The van der Waals surface area contributed by atoms with Crippen molar-refractivity contribution in [1.82, 2.24) is 9.78 Å². The lowest BCUT2D eigenvalue weighted by atomic mass is 10.1. The molecule has 0 unspecified atom stereocenters. The number of nitrogens with zero attached hydrogens (tertiary/aromatic N) is 2. The van der Waals surface area contributed by atoms with E-state index in [2.05, 4.69) is 0 Å². The van der Waals surface area contributed by atoms with Crippen LogP contribution in [-0.4, -0.2) is 22.0 Å². The van der Waals surface area contributed by atoms with Gasteiger partial charge in [0.25, 0.3) is 0 Å². The Morgan fingerprint density at radius 3 is 2.23 bits per heavy atom. The summed E-state index contributed by atoms with van der Waals surface area (Å²) >= 11 is 0. The summed E-state index contributed by atoms with van der Waals surface area (Å²) in [7, 11) is 1.65. The van der Waals surface area contributed by atoms with Crippen LogP contribution in [0.2, 0.25) is 0 Å². The highest BCUT2D eigenvalue weighted by molar-refractivity contribution is 5.73. The lowest BCUT2D eigenvalue weighted by Crippen LogP contribution is -1.99. The SMILES string of the molecule is COc1ccc(-c2cc(-c3ccccc3O)nn2-c2ccccc2)cc1. The van der Waals surface area contributed by atoms with Gasteiger partial charge in [-0.05, 0) is 54.6 Å². The maximum Gasteiger partial charge on any atom is 0.125 e. The van der Waals surface area contributed by atoms with E-state index in [9.17, 15) is 5.11 Å². The summed E-state index contributed by atoms with van der Waals surface area (Å²) in [6.45, 7) is 0. The van der Waals surface area contributed by atoms with Crippen LogP contribution in [0.1, 0.15) is 0 Å². The minimum absolute atomic E-state index is 0.214. The minimum atomic E-state index is 0.214. The molecular formula is C22H18N2O2. The van der Waals surface area contributed by atoms with Crippen molar-refractivity contribution >= 4 is 0 Å². The molecule has 0 saturated heterocycles. The second-order valence-corrected chi connectivity index (χ2v) is 5.91. The molecule has 0 aliphatic rings. The van der Waals surface area contributed by atoms with Gasteiger partial charge in [0.1, 0.15) is 11.5 Å². The van der Waals surface area contributed by atoms with Crippen molar-refractivity contribution in [2.24, 2.45) is 0 Å². The van der Waals surface area contributed by atoms with Crippen LogP contribution >= 0.6 is 0 Å². The predicted molar refractivity (Wildman–Crippen MR) is 103 cm³/mol. The highest BCUT2D eigenvalue weighted by Gasteiger charge is 2.15. The van der Waals surface area contributed by atoms with E-state index < -0.39 is 0 Å². The van der Waals surface area contributed by atoms with E-state index in [0.29, 0.717) is 5.56 Å². The largest absolute Gasteiger partial charge is 0.507 e. The van der Waals surface area contributed by atoms with Crippen molar-refractivity contribution in [2.45, 2.75) is 0 Å². The molecular weight excluding hydrogens is 324 g/mol. The van der Waals surface area contributed by atoms with E-state index in [-0.39, 0.29) is 5.75 Å². The summed E-state index contributed by atoms with van der Waals surface area (Å²) < 4.78 is 7.15. The zero-order chi connectivity index (χ0) is 17.9. The zero-order valence-corrected chi connectivity index (χ0v) is 14.3. The summed E-state index contributed by atoms with van der Waals surface area (Å²) in [5.74, 6) is 1.02. The number of hydrogen-bond acceptors (Lipinski definition) is 3. The average Bonchev–Trinajstić information content (AvgIpc) is 3.14. The number of rotatable bonds is 4. The molecule has 0 saturated carbocycles. The summed E-state index contributed by atoms with van der Waals surface area (Å²) in [5, 5.41) is 15.0. The Labute approximate surface area is 151 Å². The van der Waals surface area contributed by atoms with Crippen LogP contribution in [0.5, 0.6) is 11.5 Å². The van der Waals surface area contributed by atoms with Gasteiger partial charge in [0.05, 0.1) is 24.2 Å². The van der Waals surface area contributed by atoms with Gasteiger partial charge in [-0.15, -0.1) is 0 Å². The third-order valence-electron chi connectivity index (χ3n) is 4.28. The fourth-order valence-corrected chi connectivity index (χ4v) is 2.94. The molecule has 3 aromatic carbocycles. The van der Waals surface area contributed by atoms with Gasteiger partial charge in [-0.25, -0.2) is 4.68 Å². The molecule has 1 N–H and O–H groups in total. The van der Waals surface area contributed by atoms with E-state index in [1.807, 2.05) is 77.5 Å². The second-order valence-electron chi connectivity index (χ2n) is 5.91. The van der Waals surface area contributed by atoms with E-state index >= 15 is 0 Å². The predicted octanol–water partition coefficient (Wildman–Crippen LogP) is 4.92. The van der Waals surface area contributed by atoms with Gasteiger partial charge in [0.2, 0.25) is 0 Å². The van der Waals surface area contributed by atoms with Crippen LogP contribution < -0.4 is 4.74 Å². The zero-order valence-electron chi connectivity index (χ0n) is 14.3. The number of phenols is 1. The summed E-state index contributed by atoms with van der Waals surface area (Å²) in [6.07, 6.45) is 0. The first-order valence-corrected chi connectivity index (χ1v) is 8.34. The number of methoxy groups -OCH3 is 1. The van der Waals surface area contributed by atoms with Gasteiger partial charge in [-0.1, -0.05) is 30.3 Å². The number of aromatic hydroxyl groups is 1. The van der Waals surface area contributed by atoms with Crippen molar-refractivity contribution in [2.75, 3.05) is 7.11 Å². The molecule has 0 aliphatic carbocycles. The van der Waals surface area contributed by atoms with Gasteiger partial charge in [0, 0.05) is 11.1 Å². The van der Waals surface area contributed by atoms with E-state index in [0.717, 1.165) is 28.4 Å². The minimum Gasteiger partial charge on any atom is -0.507 e. The molecule has 4 aromatic rings. The maximum atomic E-state index is 10.2. The molecule has 26 heavy (non-hydrogen) atoms. The fourth-order valence-electron chi connectivity index (χ4n) is 2.94. The van der Waals surface area contributed by atoms with Gasteiger partial charge in [-0.2, -0.15) is 5.10 Å². The van der Waals surface area contributed by atoms with Crippen LogP contribution in [0.4, 0.5) is 0 Å². The number of phenolic OH excluding ortho intramolecular Hbond substituents is 1. The normalized spacial score (nSPS) is 10.7. The van der Waals surface area contributed by atoms with Crippen molar-refractivity contribution in [3.8, 4) is 39.7 Å². The Kier molecular flexibility index (Phi) is 4.15. The first kappa shape index (κ1) is 16.0. The summed E-state index contributed by atoms with van der Waals surface area (Å²) in [5.41, 5.74) is 4.34. The van der Waals surface area contributed by atoms with Crippen LogP contribution in [0.15, 0.2) is 84.9 Å². The lowest BCUT2D eigenvalue weighted by Gasteiger charge is -2.08. The van der Waals surface area contributed by atoms with Gasteiger partial charge in [0.15, 0.2) is 0 Å². The molecule has 128 valence electrons. The highest BCUT2D eigenvalue weighted by atomic mass is 16.5. The smallest absolute Gasteiger partial charge is 0.125 e. The summed E-state index contributed by atoms with van der Waals surface area (Å²) in [4.78, 5) is 0. The molecule has 0 amide bonds. The fraction of sp³-hybridized carbons (Fsp3) is 0.0455.